The standard InChI is InChI=1S/C24H18Cl2FN3O3S/c1-10-7-17(28-9-16(10)25)24(32)33-20-11(2)12(3)22(29-13(20)4)30-23(31)21-19(26)15-6-5-14(27)8-18(15)34-21/h5-9H,1-4H3,(H,29,30,31). The van der Waals surface area contributed by atoms with Gasteiger partial charge in [-0.1, -0.05) is 23.2 Å². The number of anilines is 1. The molecule has 0 fully saturated rings. The molecule has 0 unspecified atom stereocenters. The minimum Gasteiger partial charge on any atom is -0.420 e. The number of thiophene rings is 1. The molecular formula is C24H18Cl2FN3O3S. The van der Waals surface area contributed by atoms with Crippen molar-refractivity contribution in [1.82, 2.24) is 9.97 Å². The van der Waals surface area contributed by atoms with E-state index >= 15 is 0 Å². The predicted octanol–water partition coefficient (Wildman–Crippen LogP) is 6.84. The molecule has 1 amide bonds. The molecule has 0 bridgehead atoms. The third-order valence-electron chi connectivity index (χ3n) is 5.35. The van der Waals surface area contributed by atoms with Crippen LogP contribution >= 0.6 is 34.5 Å². The number of fused-ring (bicyclic) bond motifs is 1. The first kappa shape index (κ1) is 24.1. The van der Waals surface area contributed by atoms with E-state index in [1.807, 2.05) is 0 Å². The van der Waals surface area contributed by atoms with Crippen molar-refractivity contribution < 1.29 is 18.7 Å². The molecule has 0 saturated heterocycles. The second-order valence-electron chi connectivity index (χ2n) is 7.67. The molecule has 0 atom stereocenters. The topological polar surface area (TPSA) is 81.2 Å². The Morgan fingerprint density at radius 2 is 1.82 bits per heavy atom. The first-order chi connectivity index (χ1) is 16.1. The number of pyridine rings is 2. The largest absolute Gasteiger partial charge is 0.420 e. The number of carbonyl (C=O) groups excluding carboxylic acids is 2. The van der Waals surface area contributed by atoms with Gasteiger partial charge in [0.15, 0.2) is 5.75 Å². The third-order valence-corrected chi connectivity index (χ3v) is 7.40. The molecular weight excluding hydrogens is 500 g/mol. The maximum absolute atomic E-state index is 13.5. The number of halogens is 3. The average molecular weight is 518 g/mol. The normalized spacial score (nSPS) is 11.0. The van der Waals surface area contributed by atoms with Gasteiger partial charge in [-0.2, -0.15) is 0 Å². The maximum Gasteiger partial charge on any atom is 0.362 e. The van der Waals surface area contributed by atoms with Crippen LogP contribution in [0.4, 0.5) is 10.2 Å². The molecule has 0 aliphatic rings. The fourth-order valence-corrected chi connectivity index (χ4v) is 4.88. The molecule has 3 aromatic heterocycles. The highest BCUT2D eigenvalue weighted by Gasteiger charge is 2.22. The SMILES string of the molecule is Cc1cc(C(=O)Oc2c(C)nc(NC(=O)c3sc4cc(F)ccc4c3Cl)c(C)c2C)ncc1Cl. The van der Waals surface area contributed by atoms with Crippen molar-refractivity contribution in [1.29, 1.82) is 0 Å². The van der Waals surface area contributed by atoms with E-state index in [-0.39, 0.29) is 21.3 Å². The van der Waals surface area contributed by atoms with Crippen LogP contribution in [-0.4, -0.2) is 21.8 Å². The van der Waals surface area contributed by atoms with Crippen LogP contribution in [0.2, 0.25) is 10.0 Å². The summed E-state index contributed by atoms with van der Waals surface area (Å²) in [5.74, 6) is -0.930. The monoisotopic (exact) mass is 517 g/mol. The van der Waals surface area contributed by atoms with Crippen molar-refractivity contribution in [2.24, 2.45) is 0 Å². The number of nitrogens with zero attached hydrogens (tertiary/aromatic N) is 2. The molecule has 34 heavy (non-hydrogen) atoms. The molecule has 174 valence electrons. The van der Waals surface area contributed by atoms with Crippen LogP contribution in [-0.2, 0) is 0 Å². The first-order valence-electron chi connectivity index (χ1n) is 10.1. The second kappa shape index (κ2) is 9.29. The summed E-state index contributed by atoms with van der Waals surface area (Å²) in [7, 11) is 0. The summed E-state index contributed by atoms with van der Waals surface area (Å²) >= 11 is 13.4. The van der Waals surface area contributed by atoms with Gasteiger partial charge in [-0.15, -0.1) is 11.3 Å². The second-order valence-corrected chi connectivity index (χ2v) is 9.51. The first-order valence-corrected chi connectivity index (χ1v) is 11.6. The van der Waals surface area contributed by atoms with Crippen LogP contribution in [0.5, 0.6) is 5.75 Å². The summed E-state index contributed by atoms with van der Waals surface area (Å²) in [6.07, 6.45) is 1.39. The fraction of sp³-hybridized carbons (Fsp3) is 0.167. The minimum atomic E-state index is -0.645. The summed E-state index contributed by atoms with van der Waals surface area (Å²) in [6, 6.07) is 5.71. The number of amides is 1. The van der Waals surface area contributed by atoms with Crippen molar-refractivity contribution in [3.05, 3.63) is 79.3 Å². The van der Waals surface area contributed by atoms with Crippen molar-refractivity contribution in [2.75, 3.05) is 5.32 Å². The van der Waals surface area contributed by atoms with Gasteiger partial charge in [-0.3, -0.25) is 4.79 Å². The number of aromatic nitrogens is 2. The van der Waals surface area contributed by atoms with Crippen molar-refractivity contribution in [2.45, 2.75) is 27.7 Å². The number of nitrogens with one attached hydrogen (secondary N) is 1. The van der Waals surface area contributed by atoms with Crippen LogP contribution in [0.1, 0.15) is 42.5 Å². The molecule has 0 aliphatic carbocycles. The molecule has 1 aromatic carbocycles. The number of carbonyl (C=O) groups is 2. The lowest BCUT2D eigenvalue weighted by molar-refractivity contribution is 0.0725. The highest BCUT2D eigenvalue weighted by Crippen LogP contribution is 2.37. The van der Waals surface area contributed by atoms with Gasteiger partial charge in [0.05, 0.1) is 15.7 Å². The van der Waals surface area contributed by atoms with Crippen LogP contribution in [0.3, 0.4) is 0 Å². The van der Waals surface area contributed by atoms with E-state index in [4.69, 9.17) is 27.9 Å². The van der Waals surface area contributed by atoms with E-state index in [1.165, 1.54) is 24.4 Å². The zero-order valence-electron chi connectivity index (χ0n) is 18.5. The molecule has 1 N–H and O–H groups in total. The Balaban J connectivity index is 1.61. The van der Waals surface area contributed by atoms with Gasteiger partial charge in [-0.05, 0) is 63.1 Å². The molecule has 4 rings (SSSR count). The summed E-state index contributed by atoms with van der Waals surface area (Å²) < 4.78 is 19.7. The Hall–Kier alpha value is -3.07. The zero-order chi connectivity index (χ0) is 24.7. The highest BCUT2D eigenvalue weighted by atomic mass is 35.5. The van der Waals surface area contributed by atoms with E-state index in [1.54, 1.807) is 33.8 Å². The van der Waals surface area contributed by atoms with Gasteiger partial charge in [0.1, 0.15) is 22.2 Å². The summed E-state index contributed by atoms with van der Waals surface area (Å²) in [6.45, 7) is 6.94. The molecule has 4 aromatic rings. The smallest absolute Gasteiger partial charge is 0.362 e. The molecule has 3 heterocycles. The lowest BCUT2D eigenvalue weighted by Crippen LogP contribution is -2.17. The summed E-state index contributed by atoms with van der Waals surface area (Å²) in [4.78, 5) is 34.3. The number of benzene rings is 1. The number of aryl methyl sites for hydroxylation is 2. The van der Waals surface area contributed by atoms with Crippen molar-refractivity contribution >= 4 is 62.3 Å². The number of hydrogen-bond donors (Lipinski definition) is 1. The van der Waals surface area contributed by atoms with E-state index in [0.29, 0.717) is 43.3 Å². The Bertz CT molecular complexity index is 1490. The van der Waals surface area contributed by atoms with Gasteiger partial charge in [0.25, 0.3) is 5.91 Å². The quantitative estimate of drug-likeness (QED) is 0.299. The predicted molar refractivity (Wildman–Crippen MR) is 132 cm³/mol. The lowest BCUT2D eigenvalue weighted by Gasteiger charge is -2.16. The van der Waals surface area contributed by atoms with Crippen LogP contribution < -0.4 is 10.1 Å². The van der Waals surface area contributed by atoms with Crippen molar-refractivity contribution in [3.8, 4) is 5.75 Å². The number of esters is 1. The fourth-order valence-electron chi connectivity index (χ4n) is 3.34. The molecule has 6 nitrogen and oxygen atoms in total. The number of ether oxygens (including phenoxy) is 1. The molecule has 0 spiro atoms. The summed E-state index contributed by atoms with van der Waals surface area (Å²) in [5, 5.41) is 4.07. The van der Waals surface area contributed by atoms with Crippen LogP contribution in [0, 0.1) is 33.5 Å². The number of rotatable bonds is 4. The Labute approximate surface area is 208 Å². The lowest BCUT2D eigenvalue weighted by atomic mass is 10.1. The Kier molecular flexibility index (Phi) is 6.58. The molecule has 0 saturated carbocycles. The van der Waals surface area contributed by atoms with Gasteiger partial charge in [-0.25, -0.2) is 19.2 Å². The number of hydrogen-bond acceptors (Lipinski definition) is 6. The van der Waals surface area contributed by atoms with E-state index < -0.39 is 17.7 Å². The Morgan fingerprint density at radius 3 is 2.53 bits per heavy atom. The third kappa shape index (κ3) is 4.49. The van der Waals surface area contributed by atoms with Crippen molar-refractivity contribution in [3.63, 3.8) is 0 Å². The van der Waals surface area contributed by atoms with Crippen LogP contribution in [0.15, 0.2) is 30.5 Å². The van der Waals surface area contributed by atoms with Gasteiger partial charge in [0.2, 0.25) is 0 Å². The summed E-state index contributed by atoms with van der Waals surface area (Å²) in [5.41, 5.74) is 2.47. The van der Waals surface area contributed by atoms with Gasteiger partial charge < -0.3 is 10.1 Å². The van der Waals surface area contributed by atoms with E-state index in [2.05, 4.69) is 15.3 Å². The maximum atomic E-state index is 13.5. The average Bonchev–Trinajstić information content (AvgIpc) is 3.12. The minimum absolute atomic E-state index is 0.117. The van der Waals surface area contributed by atoms with Crippen LogP contribution in [0.25, 0.3) is 10.1 Å². The molecule has 10 heteroatoms. The Morgan fingerprint density at radius 1 is 1.09 bits per heavy atom. The molecule has 0 radical (unpaired) electrons. The highest BCUT2D eigenvalue weighted by molar-refractivity contribution is 7.21. The van der Waals surface area contributed by atoms with Gasteiger partial charge >= 0.3 is 5.97 Å². The zero-order valence-corrected chi connectivity index (χ0v) is 20.9. The molecule has 0 aliphatic heterocycles. The van der Waals surface area contributed by atoms with E-state index in [0.717, 1.165) is 11.3 Å². The van der Waals surface area contributed by atoms with E-state index in [9.17, 15) is 14.0 Å². The van der Waals surface area contributed by atoms with Gasteiger partial charge in [0, 0.05) is 21.8 Å².